The highest BCUT2D eigenvalue weighted by atomic mass is 127. The number of hydrazone groups is 1. The molecule has 0 saturated heterocycles. The fourth-order valence-corrected chi connectivity index (χ4v) is 2.72. The Hall–Kier alpha value is -1.61. The molecule has 1 N–H and O–H groups in total. The Labute approximate surface area is 162 Å². The molecule has 126 valence electrons. The molecule has 7 heteroatoms. The standard InChI is InChI=1S/C17H16BrIN2O3/c1-2-23-16-8-3-12(9-15(16)19)10-20-21-17(22)11-24-14-6-4-13(18)5-7-14/h3-10H,2,11H2,1H3,(H,21,22)/b20-10-. The van der Waals surface area contributed by atoms with E-state index < -0.39 is 0 Å². The van der Waals surface area contributed by atoms with Crippen molar-refractivity contribution in [2.24, 2.45) is 5.10 Å². The number of hydrogen-bond donors (Lipinski definition) is 1. The van der Waals surface area contributed by atoms with Crippen LogP contribution in [-0.2, 0) is 4.79 Å². The molecule has 0 aliphatic heterocycles. The molecule has 0 bridgehead atoms. The highest BCUT2D eigenvalue weighted by Crippen LogP contribution is 2.21. The van der Waals surface area contributed by atoms with Gasteiger partial charge >= 0.3 is 0 Å². The molecule has 0 aliphatic carbocycles. The number of hydrogen-bond acceptors (Lipinski definition) is 4. The highest BCUT2D eigenvalue weighted by Gasteiger charge is 2.02. The predicted molar refractivity (Wildman–Crippen MR) is 106 cm³/mol. The molecule has 0 spiro atoms. The lowest BCUT2D eigenvalue weighted by molar-refractivity contribution is -0.123. The number of amides is 1. The topological polar surface area (TPSA) is 59.9 Å². The van der Waals surface area contributed by atoms with E-state index in [0.29, 0.717) is 12.4 Å². The first-order chi connectivity index (χ1) is 11.6. The minimum atomic E-state index is -0.324. The van der Waals surface area contributed by atoms with E-state index in [1.807, 2.05) is 37.3 Å². The van der Waals surface area contributed by atoms with E-state index in [2.05, 4.69) is 49.0 Å². The normalized spacial score (nSPS) is 10.6. The first-order valence-corrected chi connectivity index (χ1v) is 9.08. The number of ether oxygens (including phenoxy) is 2. The van der Waals surface area contributed by atoms with Gasteiger partial charge in [0.05, 0.1) is 16.4 Å². The monoisotopic (exact) mass is 502 g/mol. The Balaban J connectivity index is 1.81. The third-order valence-electron chi connectivity index (χ3n) is 2.84. The Morgan fingerprint density at radius 2 is 2.00 bits per heavy atom. The van der Waals surface area contributed by atoms with Crippen LogP contribution in [0.1, 0.15) is 12.5 Å². The molecule has 0 aliphatic rings. The van der Waals surface area contributed by atoms with E-state index in [1.54, 1.807) is 18.3 Å². The number of carbonyl (C=O) groups excluding carboxylic acids is 1. The number of nitrogens with zero attached hydrogens (tertiary/aromatic N) is 1. The Kier molecular flexibility index (Phi) is 7.51. The third kappa shape index (κ3) is 6.12. The lowest BCUT2D eigenvalue weighted by Gasteiger charge is -2.06. The van der Waals surface area contributed by atoms with Gasteiger partial charge in [-0.15, -0.1) is 0 Å². The Bertz CT molecular complexity index is 720. The van der Waals surface area contributed by atoms with Crippen LogP contribution in [0, 0.1) is 3.57 Å². The van der Waals surface area contributed by atoms with Gasteiger partial charge in [0.25, 0.3) is 5.91 Å². The second-order valence-corrected chi connectivity index (χ2v) is 6.74. The van der Waals surface area contributed by atoms with Gasteiger partial charge in [0, 0.05) is 4.47 Å². The van der Waals surface area contributed by atoms with E-state index in [9.17, 15) is 4.79 Å². The van der Waals surface area contributed by atoms with Gasteiger partial charge in [-0.3, -0.25) is 4.79 Å². The van der Waals surface area contributed by atoms with Gasteiger partial charge in [0.2, 0.25) is 0 Å². The maximum Gasteiger partial charge on any atom is 0.277 e. The van der Waals surface area contributed by atoms with E-state index in [0.717, 1.165) is 19.4 Å². The van der Waals surface area contributed by atoms with Crippen molar-refractivity contribution >= 4 is 50.6 Å². The van der Waals surface area contributed by atoms with Crippen molar-refractivity contribution in [3.8, 4) is 11.5 Å². The fourth-order valence-electron chi connectivity index (χ4n) is 1.76. The molecule has 24 heavy (non-hydrogen) atoms. The van der Waals surface area contributed by atoms with Crippen LogP contribution in [0.4, 0.5) is 0 Å². The Morgan fingerprint density at radius 3 is 2.67 bits per heavy atom. The molecular weight excluding hydrogens is 487 g/mol. The summed E-state index contributed by atoms with van der Waals surface area (Å²) in [6.07, 6.45) is 1.58. The number of halogens is 2. The fraction of sp³-hybridized carbons (Fsp3) is 0.176. The van der Waals surface area contributed by atoms with Gasteiger partial charge in [-0.05, 0) is 77.5 Å². The third-order valence-corrected chi connectivity index (χ3v) is 4.21. The van der Waals surface area contributed by atoms with Gasteiger partial charge in [-0.1, -0.05) is 15.9 Å². The van der Waals surface area contributed by atoms with E-state index in [-0.39, 0.29) is 12.5 Å². The molecule has 0 fully saturated rings. The van der Waals surface area contributed by atoms with E-state index >= 15 is 0 Å². The number of carbonyl (C=O) groups is 1. The maximum atomic E-state index is 11.7. The molecule has 0 heterocycles. The van der Waals surface area contributed by atoms with Crippen LogP contribution >= 0.6 is 38.5 Å². The second-order valence-electron chi connectivity index (χ2n) is 4.66. The van der Waals surface area contributed by atoms with E-state index in [1.165, 1.54) is 0 Å². The summed E-state index contributed by atoms with van der Waals surface area (Å²) in [4.78, 5) is 11.7. The average Bonchev–Trinajstić information content (AvgIpc) is 2.57. The van der Waals surface area contributed by atoms with Crippen LogP contribution in [-0.4, -0.2) is 25.3 Å². The Morgan fingerprint density at radius 1 is 1.25 bits per heavy atom. The van der Waals surface area contributed by atoms with Crippen molar-refractivity contribution in [1.29, 1.82) is 0 Å². The molecule has 0 atom stereocenters. The average molecular weight is 503 g/mol. The molecule has 2 rings (SSSR count). The van der Waals surface area contributed by atoms with Crippen LogP contribution in [0.3, 0.4) is 0 Å². The van der Waals surface area contributed by atoms with Crippen LogP contribution in [0.2, 0.25) is 0 Å². The van der Waals surface area contributed by atoms with Crippen molar-refractivity contribution in [2.75, 3.05) is 13.2 Å². The molecule has 2 aromatic rings. The summed E-state index contributed by atoms with van der Waals surface area (Å²) in [5, 5.41) is 3.93. The van der Waals surface area contributed by atoms with Gasteiger partial charge in [-0.2, -0.15) is 5.10 Å². The highest BCUT2D eigenvalue weighted by molar-refractivity contribution is 14.1. The molecule has 5 nitrogen and oxygen atoms in total. The number of rotatable bonds is 7. The molecule has 1 amide bonds. The van der Waals surface area contributed by atoms with Crippen LogP contribution in [0.15, 0.2) is 52.0 Å². The van der Waals surface area contributed by atoms with Crippen LogP contribution in [0.5, 0.6) is 11.5 Å². The summed E-state index contributed by atoms with van der Waals surface area (Å²) in [5.74, 6) is 1.13. The summed E-state index contributed by atoms with van der Waals surface area (Å²) in [6.45, 7) is 2.47. The lowest BCUT2D eigenvalue weighted by Crippen LogP contribution is -2.24. The first kappa shape index (κ1) is 18.7. The summed E-state index contributed by atoms with van der Waals surface area (Å²) in [5.41, 5.74) is 3.31. The SMILES string of the molecule is CCOc1ccc(/C=N\NC(=O)COc2ccc(Br)cc2)cc1I. The number of benzene rings is 2. The molecule has 0 radical (unpaired) electrons. The van der Waals surface area contributed by atoms with Gasteiger partial charge in [0.15, 0.2) is 6.61 Å². The summed E-state index contributed by atoms with van der Waals surface area (Å²) < 4.78 is 12.8. The van der Waals surface area contributed by atoms with Crippen LogP contribution in [0.25, 0.3) is 0 Å². The zero-order valence-corrected chi connectivity index (χ0v) is 16.7. The van der Waals surface area contributed by atoms with Crippen molar-refractivity contribution < 1.29 is 14.3 Å². The van der Waals surface area contributed by atoms with Gasteiger partial charge < -0.3 is 9.47 Å². The minimum absolute atomic E-state index is 0.0974. The molecule has 2 aromatic carbocycles. The molecule has 0 saturated carbocycles. The zero-order chi connectivity index (χ0) is 17.4. The quantitative estimate of drug-likeness (QED) is 0.354. The smallest absolute Gasteiger partial charge is 0.277 e. The summed E-state index contributed by atoms with van der Waals surface area (Å²) >= 11 is 5.54. The van der Waals surface area contributed by atoms with Crippen molar-refractivity contribution in [1.82, 2.24) is 5.43 Å². The van der Waals surface area contributed by atoms with Gasteiger partial charge in [0.1, 0.15) is 11.5 Å². The molecular formula is C17H16BrIN2O3. The lowest BCUT2D eigenvalue weighted by atomic mass is 10.2. The molecule has 0 aromatic heterocycles. The van der Waals surface area contributed by atoms with Crippen LogP contribution < -0.4 is 14.9 Å². The van der Waals surface area contributed by atoms with Crippen molar-refractivity contribution in [2.45, 2.75) is 6.92 Å². The largest absolute Gasteiger partial charge is 0.493 e. The maximum absolute atomic E-state index is 11.7. The summed E-state index contributed by atoms with van der Waals surface area (Å²) in [6, 6.07) is 12.9. The summed E-state index contributed by atoms with van der Waals surface area (Å²) in [7, 11) is 0. The van der Waals surface area contributed by atoms with E-state index in [4.69, 9.17) is 9.47 Å². The van der Waals surface area contributed by atoms with Crippen molar-refractivity contribution in [3.63, 3.8) is 0 Å². The number of nitrogens with one attached hydrogen (secondary N) is 1. The first-order valence-electron chi connectivity index (χ1n) is 7.21. The zero-order valence-electron chi connectivity index (χ0n) is 13.0. The second kappa shape index (κ2) is 9.63. The minimum Gasteiger partial charge on any atom is -0.493 e. The van der Waals surface area contributed by atoms with Gasteiger partial charge in [-0.25, -0.2) is 5.43 Å². The predicted octanol–water partition coefficient (Wildman–Crippen LogP) is 3.98. The van der Waals surface area contributed by atoms with Crippen molar-refractivity contribution in [3.05, 3.63) is 56.1 Å². The molecule has 0 unspecified atom stereocenters.